The molecule has 1 heterocycles. The van der Waals surface area contributed by atoms with Gasteiger partial charge in [0.05, 0.1) is 6.61 Å². The van der Waals surface area contributed by atoms with Crippen LogP contribution in [-0.2, 0) is 37.6 Å². The highest BCUT2D eigenvalue weighted by atomic mass is 16.6. The van der Waals surface area contributed by atoms with Gasteiger partial charge in [0.25, 0.3) is 5.54 Å². The molecular formula is C21H21NO6. The summed E-state index contributed by atoms with van der Waals surface area (Å²) in [5, 5.41) is 10.1. The fourth-order valence-electron chi connectivity index (χ4n) is 3.43. The topological polar surface area (TPSA) is 93.1 Å². The van der Waals surface area contributed by atoms with E-state index >= 15 is 0 Å². The lowest BCUT2D eigenvalue weighted by Gasteiger charge is -2.42. The van der Waals surface area contributed by atoms with E-state index in [-0.39, 0.29) is 25.3 Å². The standard InChI is InChI=1S/C21H21NO6/c1-2-27-20(26)22-13-12-16-10-6-7-11-17(16)21(22,18(23)24)19(25)28-14-15-8-4-3-5-9-15/h3-11H,2,12-14H2,1H3,(H,23,24). The number of fused-ring (bicyclic) bond motifs is 1. The van der Waals surface area contributed by atoms with E-state index in [0.717, 1.165) is 4.90 Å². The molecule has 0 bridgehead atoms. The Labute approximate surface area is 162 Å². The molecule has 1 unspecified atom stereocenters. The lowest BCUT2D eigenvalue weighted by Crippen LogP contribution is -2.63. The number of rotatable bonds is 5. The fraction of sp³-hybridized carbons (Fsp3) is 0.286. The first-order valence-corrected chi connectivity index (χ1v) is 8.99. The van der Waals surface area contributed by atoms with Crippen LogP contribution in [0.5, 0.6) is 0 Å². The molecule has 7 heteroatoms. The summed E-state index contributed by atoms with van der Waals surface area (Å²) >= 11 is 0. The number of amides is 1. The summed E-state index contributed by atoms with van der Waals surface area (Å²) < 4.78 is 10.4. The minimum atomic E-state index is -2.30. The van der Waals surface area contributed by atoms with Crippen molar-refractivity contribution >= 4 is 18.0 Å². The first-order valence-electron chi connectivity index (χ1n) is 8.99. The second kappa shape index (κ2) is 8.12. The van der Waals surface area contributed by atoms with Crippen molar-refractivity contribution in [2.45, 2.75) is 25.5 Å². The monoisotopic (exact) mass is 383 g/mol. The molecule has 0 fully saturated rings. The average Bonchev–Trinajstić information content (AvgIpc) is 2.71. The van der Waals surface area contributed by atoms with Gasteiger partial charge in [0.15, 0.2) is 0 Å². The van der Waals surface area contributed by atoms with Crippen molar-refractivity contribution in [2.24, 2.45) is 0 Å². The Morgan fingerprint density at radius 2 is 1.71 bits per heavy atom. The van der Waals surface area contributed by atoms with Gasteiger partial charge < -0.3 is 14.6 Å². The van der Waals surface area contributed by atoms with E-state index < -0.39 is 23.6 Å². The van der Waals surface area contributed by atoms with Crippen molar-refractivity contribution in [3.63, 3.8) is 0 Å². The number of nitrogens with zero attached hydrogens (tertiary/aromatic N) is 1. The van der Waals surface area contributed by atoms with Crippen LogP contribution in [0.25, 0.3) is 0 Å². The van der Waals surface area contributed by atoms with Crippen molar-refractivity contribution in [1.29, 1.82) is 0 Å². The van der Waals surface area contributed by atoms with E-state index in [1.165, 1.54) is 0 Å². The Hall–Kier alpha value is -3.35. The van der Waals surface area contributed by atoms with Gasteiger partial charge >= 0.3 is 18.0 Å². The van der Waals surface area contributed by atoms with Gasteiger partial charge in [0, 0.05) is 12.1 Å². The number of esters is 1. The van der Waals surface area contributed by atoms with Gasteiger partial charge in [-0.1, -0.05) is 54.6 Å². The normalized spacial score (nSPS) is 18.1. The third-order valence-corrected chi connectivity index (χ3v) is 4.72. The Morgan fingerprint density at radius 3 is 2.39 bits per heavy atom. The van der Waals surface area contributed by atoms with E-state index in [4.69, 9.17) is 9.47 Å². The minimum absolute atomic E-state index is 0.0303. The highest BCUT2D eigenvalue weighted by Gasteiger charge is 2.59. The summed E-state index contributed by atoms with van der Waals surface area (Å²) in [5.41, 5.74) is -0.680. The van der Waals surface area contributed by atoms with Crippen LogP contribution in [0.1, 0.15) is 23.6 Å². The summed E-state index contributed by atoms with van der Waals surface area (Å²) in [5.74, 6) is -2.50. The van der Waals surface area contributed by atoms with Gasteiger partial charge in [-0.15, -0.1) is 0 Å². The molecule has 28 heavy (non-hydrogen) atoms. The van der Waals surface area contributed by atoms with Crippen molar-refractivity contribution in [1.82, 2.24) is 4.90 Å². The zero-order valence-electron chi connectivity index (χ0n) is 15.5. The highest BCUT2D eigenvalue weighted by molar-refractivity contribution is 6.08. The second-order valence-corrected chi connectivity index (χ2v) is 6.33. The number of carboxylic acids is 1. The number of hydrogen-bond acceptors (Lipinski definition) is 5. The van der Waals surface area contributed by atoms with Crippen molar-refractivity contribution in [3.8, 4) is 0 Å². The van der Waals surface area contributed by atoms with Crippen molar-refractivity contribution < 1.29 is 29.0 Å². The number of carboxylic acid groups (broad SMARTS) is 1. The van der Waals surface area contributed by atoms with E-state index in [1.807, 2.05) is 6.07 Å². The van der Waals surface area contributed by atoms with Crippen LogP contribution in [0, 0.1) is 0 Å². The first kappa shape index (κ1) is 19.4. The molecule has 3 rings (SSSR count). The van der Waals surface area contributed by atoms with Crippen molar-refractivity contribution in [2.75, 3.05) is 13.2 Å². The van der Waals surface area contributed by atoms with E-state index in [2.05, 4.69) is 0 Å². The molecule has 0 spiro atoms. The van der Waals surface area contributed by atoms with Crippen LogP contribution in [0.15, 0.2) is 54.6 Å². The molecule has 2 aromatic rings. The van der Waals surface area contributed by atoms with E-state index in [0.29, 0.717) is 17.5 Å². The Kier molecular flexibility index (Phi) is 5.63. The van der Waals surface area contributed by atoms with Crippen LogP contribution in [0.4, 0.5) is 4.79 Å². The molecule has 0 radical (unpaired) electrons. The molecule has 0 aromatic heterocycles. The average molecular weight is 383 g/mol. The molecule has 1 aliphatic rings. The number of carbonyl (C=O) groups is 3. The summed E-state index contributed by atoms with van der Waals surface area (Å²) in [6, 6.07) is 15.6. The van der Waals surface area contributed by atoms with Crippen LogP contribution in [-0.4, -0.2) is 41.2 Å². The first-order chi connectivity index (χ1) is 13.5. The lowest BCUT2D eigenvalue weighted by molar-refractivity contribution is -0.173. The van der Waals surface area contributed by atoms with Crippen molar-refractivity contribution in [3.05, 3.63) is 71.3 Å². The van der Waals surface area contributed by atoms with Gasteiger partial charge in [-0.05, 0) is 24.5 Å². The van der Waals surface area contributed by atoms with Gasteiger partial charge in [0.1, 0.15) is 6.61 Å². The molecule has 1 aliphatic heterocycles. The SMILES string of the molecule is CCOC(=O)N1CCc2ccccc2C1(C(=O)O)C(=O)OCc1ccccc1. The van der Waals surface area contributed by atoms with Gasteiger partial charge in [0.2, 0.25) is 0 Å². The summed E-state index contributed by atoms with van der Waals surface area (Å²) in [4.78, 5) is 39.1. The number of ether oxygens (including phenoxy) is 2. The molecule has 1 amide bonds. The molecule has 146 valence electrons. The quantitative estimate of drug-likeness (QED) is 0.630. The van der Waals surface area contributed by atoms with Crippen LogP contribution >= 0.6 is 0 Å². The fourth-order valence-corrected chi connectivity index (χ4v) is 3.43. The Bertz CT molecular complexity index is 881. The molecule has 0 saturated heterocycles. The number of hydrogen-bond donors (Lipinski definition) is 1. The Morgan fingerprint density at radius 1 is 1.04 bits per heavy atom. The van der Waals surface area contributed by atoms with Gasteiger partial charge in [-0.3, -0.25) is 4.90 Å². The minimum Gasteiger partial charge on any atom is -0.479 e. The third-order valence-electron chi connectivity index (χ3n) is 4.72. The summed E-state index contributed by atoms with van der Waals surface area (Å²) in [6.45, 7) is 1.60. The molecular weight excluding hydrogens is 362 g/mol. The second-order valence-electron chi connectivity index (χ2n) is 6.33. The predicted molar refractivity (Wildman–Crippen MR) is 99.4 cm³/mol. The van der Waals surface area contributed by atoms with Crippen LogP contribution in [0.3, 0.4) is 0 Å². The largest absolute Gasteiger partial charge is 0.479 e. The highest BCUT2D eigenvalue weighted by Crippen LogP contribution is 2.38. The van der Waals surface area contributed by atoms with E-state index in [9.17, 15) is 19.5 Å². The van der Waals surface area contributed by atoms with E-state index in [1.54, 1.807) is 55.5 Å². The Balaban J connectivity index is 2.04. The van der Waals surface area contributed by atoms with Gasteiger partial charge in [-0.2, -0.15) is 0 Å². The van der Waals surface area contributed by atoms with Crippen LogP contribution < -0.4 is 0 Å². The lowest BCUT2D eigenvalue weighted by atomic mass is 9.80. The van der Waals surface area contributed by atoms with Gasteiger partial charge in [-0.25, -0.2) is 14.4 Å². The maximum absolute atomic E-state index is 13.2. The molecule has 0 saturated carbocycles. The molecule has 0 aliphatic carbocycles. The number of benzene rings is 2. The maximum atomic E-state index is 13.2. The summed E-state index contributed by atoms with van der Waals surface area (Å²) in [6.07, 6.45) is -0.452. The van der Waals surface area contributed by atoms with Crippen LogP contribution in [0.2, 0.25) is 0 Å². The predicted octanol–water partition coefficient (Wildman–Crippen LogP) is 2.72. The zero-order valence-corrected chi connectivity index (χ0v) is 15.5. The third kappa shape index (κ3) is 3.31. The molecule has 1 N–H and O–H groups in total. The molecule has 7 nitrogen and oxygen atoms in total. The molecule has 2 aromatic carbocycles. The smallest absolute Gasteiger partial charge is 0.411 e. The summed E-state index contributed by atoms with van der Waals surface area (Å²) in [7, 11) is 0. The number of aliphatic carboxylic acids is 1. The maximum Gasteiger partial charge on any atom is 0.411 e. The number of carbonyl (C=O) groups excluding carboxylic acids is 2. The molecule has 1 atom stereocenters. The zero-order chi connectivity index (χ0) is 20.1.